The molecule has 1 heterocycles. The Balaban J connectivity index is 2.35. The highest BCUT2D eigenvalue weighted by Crippen LogP contribution is 2.20. The van der Waals surface area contributed by atoms with Crippen molar-refractivity contribution in [2.75, 3.05) is 6.61 Å². The minimum absolute atomic E-state index is 0.0949. The average molecular weight is 136 g/mol. The van der Waals surface area contributed by atoms with Crippen LogP contribution in [-0.4, -0.2) is 35.4 Å². The highest BCUT2D eigenvalue weighted by Gasteiger charge is 2.33. The van der Waals surface area contributed by atoms with E-state index in [9.17, 15) is 4.39 Å². The van der Waals surface area contributed by atoms with Gasteiger partial charge in [0.15, 0.2) is 12.5 Å². The molecule has 2 N–H and O–H groups in total. The second-order valence-corrected chi connectivity index (χ2v) is 2.08. The molecule has 9 heavy (non-hydrogen) atoms. The molecule has 3 unspecified atom stereocenters. The van der Waals surface area contributed by atoms with E-state index in [4.69, 9.17) is 10.2 Å². The highest BCUT2D eigenvalue weighted by atomic mass is 19.1. The van der Waals surface area contributed by atoms with Gasteiger partial charge in [0.1, 0.15) is 0 Å². The Morgan fingerprint density at radius 1 is 1.67 bits per heavy atom. The Labute approximate surface area is 52.1 Å². The molecule has 1 aliphatic heterocycles. The lowest BCUT2D eigenvalue weighted by molar-refractivity contribution is -0.119. The molecule has 0 saturated carbocycles. The number of alkyl halides is 1. The third-order valence-corrected chi connectivity index (χ3v) is 1.33. The predicted molar refractivity (Wildman–Crippen MR) is 27.5 cm³/mol. The van der Waals surface area contributed by atoms with Gasteiger partial charge in [0.25, 0.3) is 0 Å². The first-order valence-corrected chi connectivity index (χ1v) is 2.82. The Kier molecular flexibility index (Phi) is 2.00. The Morgan fingerprint density at radius 3 is 2.56 bits per heavy atom. The van der Waals surface area contributed by atoms with Crippen LogP contribution >= 0.6 is 0 Å². The zero-order valence-corrected chi connectivity index (χ0v) is 4.83. The van der Waals surface area contributed by atoms with Gasteiger partial charge in [0, 0.05) is 6.42 Å². The van der Waals surface area contributed by atoms with Gasteiger partial charge in [0.2, 0.25) is 0 Å². The number of aliphatic hydroxyl groups is 2. The standard InChI is InChI=1S/C5H9FO3/c6-4-1-3(2-7)9-5(4)8/h3-5,7-8H,1-2H2. The summed E-state index contributed by atoms with van der Waals surface area (Å²) >= 11 is 0. The van der Waals surface area contributed by atoms with Crippen molar-refractivity contribution in [3.8, 4) is 0 Å². The van der Waals surface area contributed by atoms with Crippen LogP contribution in [0.2, 0.25) is 0 Å². The van der Waals surface area contributed by atoms with Crippen molar-refractivity contribution in [2.24, 2.45) is 0 Å². The molecule has 1 aliphatic rings. The molecule has 1 saturated heterocycles. The van der Waals surface area contributed by atoms with Gasteiger partial charge in [-0.3, -0.25) is 0 Å². The largest absolute Gasteiger partial charge is 0.394 e. The lowest BCUT2D eigenvalue weighted by Crippen LogP contribution is -2.16. The quantitative estimate of drug-likeness (QED) is 0.507. The normalized spacial score (nSPS) is 43.7. The van der Waals surface area contributed by atoms with Gasteiger partial charge < -0.3 is 14.9 Å². The van der Waals surface area contributed by atoms with Gasteiger partial charge in [-0.05, 0) is 0 Å². The molecular formula is C5H9FO3. The summed E-state index contributed by atoms with van der Waals surface area (Å²) in [6.45, 7) is -0.225. The Morgan fingerprint density at radius 2 is 2.33 bits per heavy atom. The van der Waals surface area contributed by atoms with E-state index in [1.807, 2.05) is 0 Å². The maximum absolute atomic E-state index is 12.3. The maximum atomic E-state index is 12.3. The first kappa shape index (κ1) is 6.92. The molecule has 1 rings (SSSR count). The summed E-state index contributed by atoms with van der Waals surface area (Å²) < 4.78 is 16.8. The summed E-state index contributed by atoms with van der Waals surface area (Å²) in [5.41, 5.74) is 0. The van der Waals surface area contributed by atoms with Crippen LogP contribution in [0, 0.1) is 0 Å². The Bertz CT molecular complexity index is 88.2. The summed E-state index contributed by atoms with van der Waals surface area (Å²) in [4.78, 5) is 0. The van der Waals surface area contributed by atoms with E-state index >= 15 is 0 Å². The first-order chi connectivity index (χ1) is 4.24. The molecule has 0 spiro atoms. The molecule has 0 radical (unpaired) electrons. The molecule has 0 bridgehead atoms. The number of halogens is 1. The summed E-state index contributed by atoms with van der Waals surface area (Å²) in [5.74, 6) is 0. The third-order valence-electron chi connectivity index (χ3n) is 1.33. The van der Waals surface area contributed by atoms with Crippen LogP contribution in [0.5, 0.6) is 0 Å². The van der Waals surface area contributed by atoms with E-state index in [1.54, 1.807) is 0 Å². The minimum atomic E-state index is -1.33. The number of hydrogen-bond donors (Lipinski definition) is 2. The van der Waals surface area contributed by atoms with E-state index in [0.717, 1.165) is 0 Å². The lowest BCUT2D eigenvalue weighted by atomic mass is 10.2. The second kappa shape index (κ2) is 2.60. The van der Waals surface area contributed by atoms with Crippen LogP contribution in [0.1, 0.15) is 6.42 Å². The lowest BCUT2D eigenvalue weighted by Gasteiger charge is -2.04. The van der Waals surface area contributed by atoms with Crippen molar-refractivity contribution in [1.29, 1.82) is 0 Å². The fraction of sp³-hybridized carbons (Fsp3) is 1.00. The number of ether oxygens (including phenoxy) is 1. The molecular weight excluding hydrogens is 127 g/mol. The van der Waals surface area contributed by atoms with Crippen molar-refractivity contribution in [1.82, 2.24) is 0 Å². The van der Waals surface area contributed by atoms with Crippen molar-refractivity contribution in [3.63, 3.8) is 0 Å². The van der Waals surface area contributed by atoms with Crippen molar-refractivity contribution < 1.29 is 19.3 Å². The zero-order chi connectivity index (χ0) is 6.85. The van der Waals surface area contributed by atoms with Gasteiger partial charge >= 0.3 is 0 Å². The minimum Gasteiger partial charge on any atom is -0.394 e. The summed E-state index contributed by atoms with van der Waals surface area (Å²) in [5, 5.41) is 17.0. The van der Waals surface area contributed by atoms with Gasteiger partial charge in [-0.2, -0.15) is 0 Å². The van der Waals surface area contributed by atoms with Crippen molar-refractivity contribution in [2.45, 2.75) is 25.0 Å². The van der Waals surface area contributed by atoms with Gasteiger partial charge in [-0.15, -0.1) is 0 Å². The maximum Gasteiger partial charge on any atom is 0.186 e. The molecule has 3 nitrogen and oxygen atoms in total. The molecule has 54 valence electrons. The highest BCUT2D eigenvalue weighted by molar-refractivity contribution is 4.74. The van der Waals surface area contributed by atoms with E-state index in [-0.39, 0.29) is 13.0 Å². The van der Waals surface area contributed by atoms with E-state index in [0.29, 0.717) is 0 Å². The summed E-state index contributed by atoms with van der Waals surface area (Å²) in [6, 6.07) is 0. The molecule has 3 atom stereocenters. The summed E-state index contributed by atoms with van der Waals surface area (Å²) in [7, 11) is 0. The fourth-order valence-corrected chi connectivity index (χ4v) is 0.823. The SMILES string of the molecule is OCC1CC(F)C(O)O1. The Hall–Kier alpha value is -0.190. The predicted octanol–water partition coefficient (Wildman–Crippen LogP) is -0.576. The monoisotopic (exact) mass is 136 g/mol. The molecule has 0 aromatic rings. The molecule has 1 fully saturated rings. The van der Waals surface area contributed by atoms with Crippen LogP contribution in [0.25, 0.3) is 0 Å². The topological polar surface area (TPSA) is 49.7 Å². The van der Waals surface area contributed by atoms with Crippen LogP contribution < -0.4 is 0 Å². The fourth-order valence-electron chi connectivity index (χ4n) is 0.823. The van der Waals surface area contributed by atoms with Crippen molar-refractivity contribution in [3.05, 3.63) is 0 Å². The van der Waals surface area contributed by atoms with Gasteiger partial charge in [-0.25, -0.2) is 4.39 Å². The molecule has 0 amide bonds. The molecule has 0 aromatic heterocycles. The smallest absolute Gasteiger partial charge is 0.186 e. The molecule has 0 aromatic carbocycles. The number of hydrogen-bond acceptors (Lipinski definition) is 3. The van der Waals surface area contributed by atoms with Crippen molar-refractivity contribution >= 4 is 0 Å². The van der Waals surface area contributed by atoms with Gasteiger partial charge in [0.05, 0.1) is 12.7 Å². The first-order valence-electron chi connectivity index (χ1n) is 2.82. The number of rotatable bonds is 1. The average Bonchev–Trinajstić information content (AvgIpc) is 2.13. The third kappa shape index (κ3) is 1.38. The van der Waals surface area contributed by atoms with Crippen LogP contribution in [0.4, 0.5) is 4.39 Å². The van der Waals surface area contributed by atoms with Crippen LogP contribution in [-0.2, 0) is 4.74 Å². The van der Waals surface area contributed by atoms with E-state index < -0.39 is 18.6 Å². The zero-order valence-electron chi connectivity index (χ0n) is 4.83. The molecule has 4 heteroatoms. The molecule has 0 aliphatic carbocycles. The van der Waals surface area contributed by atoms with Crippen LogP contribution in [0.15, 0.2) is 0 Å². The number of aliphatic hydroxyl groups excluding tert-OH is 2. The van der Waals surface area contributed by atoms with Gasteiger partial charge in [-0.1, -0.05) is 0 Å². The van der Waals surface area contributed by atoms with E-state index in [2.05, 4.69) is 4.74 Å². The summed E-state index contributed by atoms with van der Waals surface area (Å²) in [6.07, 6.45) is -3.09. The van der Waals surface area contributed by atoms with E-state index in [1.165, 1.54) is 0 Å². The second-order valence-electron chi connectivity index (χ2n) is 2.08. The van der Waals surface area contributed by atoms with Crippen LogP contribution in [0.3, 0.4) is 0 Å².